The number of carbonyl (C=O) groups is 2. The Balaban J connectivity index is 1.70. The molecule has 5 nitrogen and oxygen atoms in total. The maximum Gasteiger partial charge on any atom is 0.338 e. The molecular weight excluding hydrogens is 394 g/mol. The molecule has 1 saturated heterocycles. The lowest BCUT2D eigenvalue weighted by molar-refractivity contribution is -0.122. The van der Waals surface area contributed by atoms with Gasteiger partial charge in [0.2, 0.25) is 0 Å². The van der Waals surface area contributed by atoms with Crippen molar-refractivity contribution in [2.45, 2.75) is 26.7 Å². The van der Waals surface area contributed by atoms with Gasteiger partial charge in [0.05, 0.1) is 17.1 Å². The Bertz CT molecular complexity index is 915. The summed E-state index contributed by atoms with van der Waals surface area (Å²) in [7, 11) is 0. The first-order valence-corrected chi connectivity index (χ1v) is 10.4. The van der Waals surface area contributed by atoms with Crippen molar-refractivity contribution < 1.29 is 18.7 Å². The summed E-state index contributed by atoms with van der Waals surface area (Å²) in [5, 5.41) is 0. The van der Waals surface area contributed by atoms with Crippen LogP contribution in [0.3, 0.4) is 0 Å². The van der Waals surface area contributed by atoms with Gasteiger partial charge < -0.3 is 9.15 Å². The number of ether oxygens (including phenoxy) is 1. The molecule has 2 heterocycles. The maximum absolute atomic E-state index is 12.3. The second kappa shape index (κ2) is 9.21. The molecule has 1 amide bonds. The Morgan fingerprint density at radius 2 is 1.96 bits per heavy atom. The van der Waals surface area contributed by atoms with E-state index in [1.165, 1.54) is 11.8 Å². The third kappa shape index (κ3) is 4.54. The van der Waals surface area contributed by atoms with Crippen LogP contribution in [0, 0.1) is 0 Å². The number of hydrogen-bond acceptors (Lipinski definition) is 6. The molecule has 1 aromatic heterocycles. The van der Waals surface area contributed by atoms with E-state index in [9.17, 15) is 9.59 Å². The lowest BCUT2D eigenvalue weighted by atomic mass is 10.1. The number of unbranched alkanes of at least 4 members (excludes halogenated alkanes) is 1. The van der Waals surface area contributed by atoms with Crippen molar-refractivity contribution in [1.82, 2.24) is 4.90 Å². The van der Waals surface area contributed by atoms with Crippen LogP contribution in [0.15, 0.2) is 45.7 Å². The molecule has 1 fully saturated rings. The van der Waals surface area contributed by atoms with Crippen LogP contribution >= 0.6 is 24.0 Å². The van der Waals surface area contributed by atoms with E-state index in [1.54, 1.807) is 29.2 Å². The highest BCUT2D eigenvalue weighted by Crippen LogP contribution is 2.33. The topological polar surface area (TPSA) is 59.8 Å². The Morgan fingerprint density at radius 1 is 1.21 bits per heavy atom. The van der Waals surface area contributed by atoms with Crippen molar-refractivity contribution in [2.24, 2.45) is 0 Å². The molecule has 3 rings (SSSR count). The van der Waals surface area contributed by atoms with Gasteiger partial charge in [0.1, 0.15) is 15.8 Å². The quantitative estimate of drug-likeness (QED) is 0.271. The number of hydrogen-bond donors (Lipinski definition) is 0. The van der Waals surface area contributed by atoms with Gasteiger partial charge >= 0.3 is 5.97 Å². The van der Waals surface area contributed by atoms with Crippen molar-refractivity contribution in [3.63, 3.8) is 0 Å². The zero-order chi connectivity index (χ0) is 20.1. The smallest absolute Gasteiger partial charge is 0.338 e. The third-order valence-corrected chi connectivity index (χ3v) is 5.60. The summed E-state index contributed by atoms with van der Waals surface area (Å²) in [6.07, 6.45) is 3.55. The number of thioether (sulfide) groups is 1. The van der Waals surface area contributed by atoms with Gasteiger partial charge in [-0.05, 0) is 37.6 Å². The van der Waals surface area contributed by atoms with Crippen LogP contribution < -0.4 is 0 Å². The average molecular weight is 416 g/mol. The molecule has 0 aliphatic carbocycles. The first-order chi connectivity index (χ1) is 13.5. The van der Waals surface area contributed by atoms with Crippen LogP contribution in [0.2, 0.25) is 0 Å². The van der Waals surface area contributed by atoms with Crippen molar-refractivity contribution in [2.75, 3.05) is 13.2 Å². The van der Waals surface area contributed by atoms with Gasteiger partial charge in [-0.2, -0.15) is 0 Å². The lowest BCUT2D eigenvalue weighted by Crippen LogP contribution is -2.27. The second-order valence-corrected chi connectivity index (χ2v) is 7.87. The first kappa shape index (κ1) is 20.4. The molecule has 146 valence electrons. The largest absolute Gasteiger partial charge is 0.462 e. The maximum atomic E-state index is 12.3. The summed E-state index contributed by atoms with van der Waals surface area (Å²) in [6, 6.07) is 10.7. The Hall–Kier alpha value is -2.38. The molecular formula is C21H21NO4S2. The molecule has 1 aromatic carbocycles. The van der Waals surface area contributed by atoms with Crippen LogP contribution in [0.4, 0.5) is 0 Å². The highest BCUT2D eigenvalue weighted by molar-refractivity contribution is 8.26. The highest BCUT2D eigenvalue weighted by Gasteiger charge is 2.30. The van der Waals surface area contributed by atoms with E-state index < -0.39 is 0 Å². The van der Waals surface area contributed by atoms with Gasteiger partial charge in [-0.25, -0.2) is 4.79 Å². The summed E-state index contributed by atoms with van der Waals surface area (Å²) < 4.78 is 11.6. The van der Waals surface area contributed by atoms with E-state index in [4.69, 9.17) is 21.4 Å². The summed E-state index contributed by atoms with van der Waals surface area (Å²) in [4.78, 5) is 26.4. The van der Waals surface area contributed by atoms with E-state index in [0.29, 0.717) is 39.5 Å². The predicted molar refractivity (Wildman–Crippen MR) is 115 cm³/mol. The number of amides is 1. The van der Waals surface area contributed by atoms with Crippen molar-refractivity contribution in [3.8, 4) is 11.3 Å². The van der Waals surface area contributed by atoms with Crippen molar-refractivity contribution in [1.29, 1.82) is 0 Å². The minimum atomic E-state index is -0.321. The van der Waals surface area contributed by atoms with Gasteiger partial charge in [-0.15, -0.1) is 0 Å². The van der Waals surface area contributed by atoms with Gasteiger partial charge in [-0.1, -0.05) is 49.5 Å². The minimum Gasteiger partial charge on any atom is -0.462 e. The van der Waals surface area contributed by atoms with Crippen LogP contribution in [0.1, 0.15) is 42.8 Å². The first-order valence-electron chi connectivity index (χ1n) is 9.16. The molecule has 0 bridgehead atoms. The molecule has 0 unspecified atom stereocenters. The number of nitrogens with zero attached hydrogens (tertiary/aromatic N) is 1. The van der Waals surface area contributed by atoms with Gasteiger partial charge in [0.15, 0.2) is 0 Å². The normalized spacial score (nSPS) is 15.5. The number of carbonyl (C=O) groups excluding carboxylic acids is 2. The van der Waals surface area contributed by atoms with Crippen molar-refractivity contribution >= 4 is 46.3 Å². The molecule has 1 aliphatic rings. The summed E-state index contributed by atoms with van der Waals surface area (Å²) in [5.74, 6) is 0.817. The van der Waals surface area contributed by atoms with E-state index in [1.807, 2.05) is 32.0 Å². The van der Waals surface area contributed by atoms with E-state index in [2.05, 4.69) is 0 Å². The SMILES string of the molecule is CCCCOC(=O)c1ccc(-c2ccc(/C=C3/SC(=S)N(CC)C3=O)o2)cc1. The second-order valence-electron chi connectivity index (χ2n) is 6.19. The standard InChI is InChI=1S/C21H21NO4S2/c1-3-5-12-25-20(24)15-8-6-14(7-9-15)17-11-10-16(26-17)13-18-19(23)22(4-2)21(27)28-18/h6-11,13H,3-5,12H2,1-2H3/b18-13+. The van der Waals surface area contributed by atoms with Gasteiger partial charge in [0.25, 0.3) is 5.91 Å². The fourth-order valence-electron chi connectivity index (χ4n) is 2.65. The summed E-state index contributed by atoms with van der Waals surface area (Å²) in [5.41, 5.74) is 1.35. The van der Waals surface area contributed by atoms with Gasteiger partial charge in [0, 0.05) is 18.2 Å². The van der Waals surface area contributed by atoms with Crippen LogP contribution in [0.25, 0.3) is 17.4 Å². The molecule has 0 saturated carbocycles. The predicted octanol–water partition coefficient (Wildman–Crippen LogP) is 5.12. The van der Waals surface area contributed by atoms with E-state index in [0.717, 1.165) is 18.4 Å². The molecule has 7 heteroatoms. The Kier molecular flexibility index (Phi) is 6.70. The molecule has 2 aromatic rings. The summed E-state index contributed by atoms with van der Waals surface area (Å²) >= 11 is 6.49. The number of rotatable bonds is 7. The lowest BCUT2D eigenvalue weighted by Gasteiger charge is -2.09. The number of likely N-dealkylation sites (N-methyl/N-ethyl adjacent to an activating group) is 1. The van der Waals surface area contributed by atoms with Crippen molar-refractivity contribution in [3.05, 3.63) is 52.6 Å². The molecule has 1 aliphatic heterocycles. The molecule has 0 atom stereocenters. The van der Waals surface area contributed by atoms with Crippen LogP contribution in [-0.4, -0.2) is 34.2 Å². The van der Waals surface area contributed by atoms with E-state index in [-0.39, 0.29) is 11.9 Å². The molecule has 0 spiro atoms. The Labute approximate surface area is 173 Å². The van der Waals surface area contributed by atoms with Gasteiger partial charge in [-0.3, -0.25) is 9.69 Å². The van der Waals surface area contributed by atoms with Crippen LogP contribution in [0.5, 0.6) is 0 Å². The monoisotopic (exact) mass is 415 g/mol. The van der Waals surface area contributed by atoms with E-state index >= 15 is 0 Å². The average Bonchev–Trinajstić information content (AvgIpc) is 3.26. The zero-order valence-electron chi connectivity index (χ0n) is 15.8. The summed E-state index contributed by atoms with van der Waals surface area (Å²) in [6.45, 7) is 4.93. The van der Waals surface area contributed by atoms with Crippen LogP contribution in [-0.2, 0) is 9.53 Å². The minimum absolute atomic E-state index is 0.0959. The molecule has 0 N–H and O–H groups in total. The third-order valence-electron chi connectivity index (χ3n) is 4.23. The fraction of sp³-hybridized carbons (Fsp3) is 0.286. The number of thiocarbonyl (C=S) groups is 1. The number of benzene rings is 1. The highest BCUT2D eigenvalue weighted by atomic mass is 32.2. The fourth-order valence-corrected chi connectivity index (χ4v) is 4.01. The number of furan rings is 1. The number of esters is 1. The molecule has 0 radical (unpaired) electrons. The Morgan fingerprint density at radius 3 is 2.61 bits per heavy atom. The zero-order valence-corrected chi connectivity index (χ0v) is 17.4. The molecule has 28 heavy (non-hydrogen) atoms.